The maximum atomic E-state index is 8.71. The lowest BCUT2D eigenvalue weighted by Crippen LogP contribution is -1.93. The van der Waals surface area contributed by atoms with Gasteiger partial charge in [-0.25, -0.2) is 0 Å². The first-order valence-corrected chi connectivity index (χ1v) is 3.48. The van der Waals surface area contributed by atoms with Crippen LogP contribution in [0.1, 0.15) is 18.2 Å². The van der Waals surface area contributed by atoms with Crippen LogP contribution in [-0.4, -0.2) is 16.9 Å². The summed E-state index contributed by atoms with van der Waals surface area (Å²) in [6, 6.07) is 0. The van der Waals surface area contributed by atoms with Crippen LogP contribution in [0.15, 0.2) is 4.52 Å². The highest BCUT2D eigenvalue weighted by Crippen LogP contribution is 2.19. The van der Waals surface area contributed by atoms with Gasteiger partial charge in [-0.15, -0.1) is 0 Å². The average molecular weight is 157 g/mol. The van der Waals surface area contributed by atoms with Gasteiger partial charge in [0.2, 0.25) is 0 Å². The van der Waals surface area contributed by atoms with Gasteiger partial charge in [-0.3, -0.25) is 0 Å². The van der Waals surface area contributed by atoms with Crippen molar-refractivity contribution in [3.05, 3.63) is 11.3 Å². The molecule has 4 heteroatoms. The highest BCUT2D eigenvalue weighted by Gasteiger charge is 2.10. The molecule has 1 N–H and O–H groups in total. The first-order valence-electron chi connectivity index (χ1n) is 3.48. The highest BCUT2D eigenvalue weighted by molar-refractivity contribution is 5.25. The Labute approximate surface area is 64.8 Å². The van der Waals surface area contributed by atoms with Crippen LogP contribution in [0.3, 0.4) is 0 Å². The minimum absolute atomic E-state index is 0.133. The summed E-state index contributed by atoms with van der Waals surface area (Å²) < 4.78 is 9.88. The third-order valence-corrected chi connectivity index (χ3v) is 1.40. The lowest BCUT2D eigenvalue weighted by Gasteiger charge is -1.95. The van der Waals surface area contributed by atoms with Gasteiger partial charge in [-0.2, -0.15) is 0 Å². The Morgan fingerprint density at radius 1 is 1.64 bits per heavy atom. The monoisotopic (exact) mass is 157 g/mol. The second-order valence-corrected chi connectivity index (χ2v) is 2.13. The molecule has 1 heterocycles. The molecule has 0 saturated heterocycles. The first-order chi connectivity index (χ1) is 5.29. The Morgan fingerprint density at radius 2 is 2.36 bits per heavy atom. The molecule has 0 amide bonds. The number of ether oxygens (including phenoxy) is 1. The lowest BCUT2D eigenvalue weighted by atomic mass is 10.3. The van der Waals surface area contributed by atoms with Gasteiger partial charge < -0.3 is 14.4 Å². The van der Waals surface area contributed by atoms with Gasteiger partial charge in [0.1, 0.15) is 6.61 Å². The maximum Gasteiger partial charge on any atom is 0.257 e. The van der Waals surface area contributed by atoms with Crippen LogP contribution >= 0.6 is 0 Å². The molecule has 0 saturated carbocycles. The van der Waals surface area contributed by atoms with Crippen molar-refractivity contribution < 1.29 is 14.4 Å². The zero-order chi connectivity index (χ0) is 8.27. The summed E-state index contributed by atoms with van der Waals surface area (Å²) in [4.78, 5) is 0. The zero-order valence-electron chi connectivity index (χ0n) is 6.63. The number of aromatic nitrogens is 1. The minimum Gasteiger partial charge on any atom is -0.476 e. The fourth-order valence-corrected chi connectivity index (χ4v) is 0.772. The molecule has 0 fully saturated rings. The van der Waals surface area contributed by atoms with Crippen molar-refractivity contribution >= 4 is 0 Å². The SMILES string of the molecule is CCOc1noc(CO)c1C. The molecule has 0 aliphatic carbocycles. The van der Waals surface area contributed by atoms with E-state index in [1.165, 1.54) is 0 Å². The van der Waals surface area contributed by atoms with Crippen LogP contribution in [-0.2, 0) is 6.61 Å². The molecule has 0 unspecified atom stereocenters. The van der Waals surface area contributed by atoms with Crippen molar-refractivity contribution in [3.8, 4) is 5.88 Å². The van der Waals surface area contributed by atoms with Crippen molar-refractivity contribution in [1.82, 2.24) is 5.16 Å². The Morgan fingerprint density at radius 3 is 2.82 bits per heavy atom. The Kier molecular flexibility index (Phi) is 2.48. The van der Waals surface area contributed by atoms with E-state index in [1.807, 2.05) is 6.92 Å². The van der Waals surface area contributed by atoms with E-state index in [2.05, 4.69) is 5.16 Å². The lowest BCUT2D eigenvalue weighted by molar-refractivity contribution is 0.223. The zero-order valence-corrected chi connectivity index (χ0v) is 6.63. The summed E-state index contributed by atoms with van der Waals surface area (Å²) in [6.45, 7) is 4.09. The van der Waals surface area contributed by atoms with Gasteiger partial charge >= 0.3 is 0 Å². The quantitative estimate of drug-likeness (QED) is 0.707. The average Bonchev–Trinajstić information content (AvgIpc) is 2.34. The second kappa shape index (κ2) is 3.39. The van der Waals surface area contributed by atoms with Gasteiger partial charge in [0.25, 0.3) is 5.88 Å². The number of rotatable bonds is 3. The summed E-state index contributed by atoms with van der Waals surface area (Å²) in [5, 5.41) is 12.3. The van der Waals surface area contributed by atoms with Crippen LogP contribution in [0.25, 0.3) is 0 Å². The number of nitrogens with zero attached hydrogens (tertiary/aromatic N) is 1. The van der Waals surface area contributed by atoms with E-state index in [-0.39, 0.29) is 6.61 Å². The maximum absolute atomic E-state index is 8.71. The molecule has 11 heavy (non-hydrogen) atoms. The molecule has 0 aliphatic rings. The van der Waals surface area contributed by atoms with Crippen LogP contribution in [0.5, 0.6) is 5.88 Å². The van der Waals surface area contributed by atoms with Crippen LogP contribution in [0.4, 0.5) is 0 Å². The summed E-state index contributed by atoms with van der Waals surface area (Å²) in [7, 11) is 0. The van der Waals surface area contributed by atoms with Gasteiger partial charge in [0.05, 0.1) is 12.2 Å². The van der Waals surface area contributed by atoms with Crippen molar-refractivity contribution in [3.63, 3.8) is 0 Å². The third-order valence-electron chi connectivity index (χ3n) is 1.40. The largest absolute Gasteiger partial charge is 0.476 e. The Hall–Kier alpha value is -1.03. The van der Waals surface area contributed by atoms with E-state index in [9.17, 15) is 0 Å². The summed E-state index contributed by atoms with van der Waals surface area (Å²) in [5.74, 6) is 0.935. The van der Waals surface area contributed by atoms with Gasteiger partial charge in [-0.05, 0) is 19.0 Å². The van der Waals surface area contributed by atoms with Crippen LogP contribution in [0.2, 0.25) is 0 Å². The highest BCUT2D eigenvalue weighted by atomic mass is 16.5. The fourth-order valence-electron chi connectivity index (χ4n) is 0.772. The summed E-state index contributed by atoms with van der Waals surface area (Å²) in [6.07, 6.45) is 0. The molecule has 0 aliphatic heterocycles. The van der Waals surface area contributed by atoms with E-state index in [1.54, 1.807) is 6.92 Å². The third kappa shape index (κ3) is 1.51. The predicted molar refractivity (Wildman–Crippen MR) is 38.3 cm³/mol. The van der Waals surface area contributed by atoms with Gasteiger partial charge in [-0.1, -0.05) is 0 Å². The van der Waals surface area contributed by atoms with Crippen molar-refractivity contribution in [2.24, 2.45) is 0 Å². The number of aliphatic hydroxyl groups is 1. The van der Waals surface area contributed by atoms with E-state index in [0.29, 0.717) is 18.2 Å². The number of aliphatic hydroxyl groups excluding tert-OH is 1. The fraction of sp³-hybridized carbons (Fsp3) is 0.571. The molecule has 0 spiro atoms. The van der Waals surface area contributed by atoms with E-state index >= 15 is 0 Å². The molecule has 1 rings (SSSR count). The smallest absolute Gasteiger partial charge is 0.257 e. The van der Waals surface area contributed by atoms with E-state index in [4.69, 9.17) is 14.4 Å². The van der Waals surface area contributed by atoms with Crippen molar-refractivity contribution in [2.45, 2.75) is 20.5 Å². The first kappa shape index (κ1) is 8.07. The van der Waals surface area contributed by atoms with Gasteiger partial charge in [0, 0.05) is 0 Å². The summed E-state index contributed by atoms with van der Waals surface area (Å²) in [5.41, 5.74) is 0.773. The van der Waals surface area contributed by atoms with Crippen LogP contribution < -0.4 is 4.74 Å². The van der Waals surface area contributed by atoms with Crippen LogP contribution in [0, 0.1) is 6.92 Å². The number of hydrogen-bond acceptors (Lipinski definition) is 4. The van der Waals surface area contributed by atoms with E-state index in [0.717, 1.165) is 5.56 Å². The Balaban J connectivity index is 2.82. The van der Waals surface area contributed by atoms with E-state index < -0.39 is 0 Å². The molecule has 0 atom stereocenters. The molecular formula is C7H11NO3. The molecule has 1 aromatic heterocycles. The Bertz CT molecular complexity index is 232. The van der Waals surface area contributed by atoms with Crippen molar-refractivity contribution in [1.29, 1.82) is 0 Å². The second-order valence-electron chi connectivity index (χ2n) is 2.13. The summed E-state index contributed by atoms with van der Waals surface area (Å²) >= 11 is 0. The normalized spacial score (nSPS) is 10.1. The van der Waals surface area contributed by atoms with Gasteiger partial charge in [0.15, 0.2) is 5.76 Å². The molecule has 0 bridgehead atoms. The molecule has 1 aromatic rings. The molecule has 0 radical (unpaired) electrons. The minimum atomic E-state index is -0.133. The number of hydrogen-bond donors (Lipinski definition) is 1. The molecule has 4 nitrogen and oxygen atoms in total. The topological polar surface area (TPSA) is 55.5 Å². The molecule has 62 valence electrons. The van der Waals surface area contributed by atoms with Crippen molar-refractivity contribution in [2.75, 3.05) is 6.61 Å². The molecular weight excluding hydrogens is 146 g/mol. The molecule has 0 aromatic carbocycles. The predicted octanol–water partition coefficient (Wildman–Crippen LogP) is 0.874. The standard InChI is InChI=1S/C7H11NO3/c1-3-10-7-5(2)6(4-9)11-8-7/h9H,3-4H2,1-2H3.